The average molecular weight is 536 g/mol. The van der Waals surface area contributed by atoms with Crippen molar-refractivity contribution in [3.05, 3.63) is 88.0 Å². The summed E-state index contributed by atoms with van der Waals surface area (Å²) in [4.78, 5) is 30.7. The minimum Gasteiger partial charge on any atom is -0.497 e. The summed E-state index contributed by atoms with van der Waals surface area (Å²) in [5.74, 6) is 1.80. The van der Waals surface area contributed by atoms with Crippen LogP contribution in [0.3, 0.4) is 0 Å². The van der Waals surface area contributed by atoms with E-state index in [1.54, 1.807) is 29.9 Å². The third kappa shape index (κ3) is 5.91. The number of thioether (sulfide) groups is 1. The summed E-state index contributed by atoms with van der Waals surface area (Å²) >= 11 is 1.34. The van der Waals surface area contributed by atoms with Gasteiger partial charge in [-0.15, -0.1) is 0 Å². The van der Waals surface area contributed by atoms with E-state index in [0.717, 1.165) is 16.9 Å². The van der Waals surface area contributed by atoms with Gasteiger partial charge in [0.25, 0.3) is 5.56 Å². The zero-order valence-electron chi connectivity index (χ0n) is 20.7. The van der Waals surface area contributed by atoms with E-state index in [1.807, 2.05) is 30.3 Å². The van der Waals surface area contributed by atoms with E-state index in [-0.39, 0.29) is 30.5 Å². The zero-order chi connectivity index (χ0) is 26.5. The number of ether oxygens (including phenoxy) is 3. The summed E-state index contributed by atoms with van der Waals surface area (Å²) in [6.07, 6.45) is 0.690. The molecule has 0 aliphatic carbocycles. The second-order valence-corrected chi connectivity index (χ2v) is 9.66. The van der Waals surface area contributed by atoms with Crippen LogP contribution in [-0.4, -0.2) is 29.4 Å². The first-order valence-corrected chi connectivity index (χ1v) is 13.1. The van der Waals surface area contributed by atoms with Crippen LogP contribution in [0.25, 0.3) is 10.9 Å². The fourth-order valence-electron chi connectivity index (χ4n) is 4.10. The lowest BCUT2D eigenvalue weighted by atomic mass is 10.2. The van der Waals surface area contributed by atoms with E-state index in [9.17, 15) is 14.0 Å². The van der Waals surface area contributed by atoms with Gasteiger partial charge in [0.05, 0.1) is 18.0 Å². The van der Waals surface area contributed by atoms with E-state index < -0.39 is 0 Å². The maximum atomic E-state index is 13.7. The molecule has 0 spiro atoms. The van der Waals surface area contributed by atoms with E-state index in [2.05, 4.69) is 5.32 Å². The number of nitrogens with one attached hydrogen (secondary N) is 1. The van der Waals surface area contributed by atoms with Crippen molar-refractivity contribution in [3.63, 3.8) is 0 Å². The predicted molar refractivity (Wildman–Crippen MR) is 142 cm³/mol. The fraction of sp³-hybridized carbons (Fsp3) is 0.250. The first-order valence-electron chi connectivity index (χ1n) is 12.1. The van der Waals surface area contributed by atoms with Crippen LogP contribution in [0.15, 0.2) is 70.6 Å². The Morgan fingerprint density at radius 3 is 2.66 bits per heavy atom. The molecule has 0 unspecified atom stereocenters. The third-order valence-electron chi connectivity index (χ3n) is 6.10. The first kappa shape index (κ1) is 25.6. The summed E-state index contributed by atoms with van der Waals surface area (Å²) < 4.78 is 31.3. The maximum Gasteiger partial charge on any atom is 0.262 e. The molecular weight excluding hydrogens is 509 g/mol. The van der Waals surface area contributed by atoms with Crippen LogP contribution in [0.2, 0.25) is 0 Å². The Hall–Kier alpha value is -4.05. The molecule has 4 aromatic rings. The molecule has 1 N–H and O–H groups in total. The summed E-state index contributed by atoms with van der Waals surface area (Å²) in [6, 6.07) is 17.1. The number of halogens is 1. The SMILES string of the molecule is COc1ccc(CNC(=O)CCCn2c(SCc3cccc(F)c3)nc3cc4c(cc3c2=O)OCO4)cc1. The summed E-state index contributed by atoms with van der Waals surface area (Å²) in [6.45, 7) is 0.798. The van der Waals surface area contributed by atoms with Crippen molar-refractivity contribution in [1.82, 2.24) is 14.9 Å². The number of benzene rings is 3. The number of hydrogen-bond donors (Lipinski definition) is 1. The minimum absolute atomic E-state index is 0.0899. The van der Waals surface area contributed by atoms with Crippen molar-refractivity contribution >= 4 is 28.6 Å². The Morgan fingerprint density at radius 2 is 1.89 bits per heavy atom. The van der Waals surface area contributed by atoms with Gasteiger partial charge in [0.1, 0.15) is 11.6 Å². The zero-order valence-corrected chi connectivity index (χ0v) is 21.6. The number of methoxy groups -OCH3 is 1. The van der Waals surface area contributed by atoms with Gasteiger partial charge in [0.2, 0.25) is 12.7 Å². The molecule has 10 heteroatoms. The molecule has 196 valence electrons. The molecule has 1 amide bonds. The number of nitrogens with zero attached hydrogens (tertiary/aromatic N) is 2. The Balaban J connectivity index is 1.30. The van der Waals surface area contributed by atoms with E-state index >= 15 is 0 Å². The van der Waals surface area contributed by atoms with Crippen LogP contribution in [0, 0.1) is 5.82 Å². The Bertz CT molecular complexity index is 1520. The fourth-order valence-corrected chi connectivity index (χ4v) is 5.07. The number of hydrogen-bond acceptors (Lipinski definition) is 7. The van der Waals surface area contributed by atoms with Crippen molar-refractivity contribution in [2.45, 2.75) is 36.8 Å². The van der Waals surface area contributed by atoms with Crippen LogP contribution in [0.5, 0.6) is 17.2 Å². The number of carbonyl (C=O) groups excluding carboxylic acids is 1. The van der Waals surface area contributed by atoms with Crippen molar-refractivity contribution in [2.24, 2.45) is 0 Å². The van der Waals surface area contributed by atoms with Crippen molar-refractivity contribution < 1.29 is 23.4 Å². The molecule has 0 saturated carbocycles. The standard InChI is InChI=1S/C28H26FN3O5S/c1-35-21-9-7-18(8-10-21)15-30-26(33)6-3-11-32-27(34)22-13-24-25(37-17-36-24)14-23(22)31-28(32)38-16-19-4-2-5-20(29)12-19/h2,4-5,7-10,12-14H,3,6,11,15-17H2,1H3,(H,30,33). The summed E-state index contributed by atoms with van der Waals surface area (Å²) in [5.41, 5.74) is 2.01. The molecule has 38 heavy (non-hydrogen) atoms. The first-order chi connectivity index (χ1) is 18.5. The quantitative estimate of drug-likeness (QED) is 0.233. The average Bonchev–Trinajstić information content (AvgIpc) is 3.39. The highest BCUT2D eigenvalue weighted by atomic mass is 32.2. The minimum atomic E-state index is -0.319. The van der Waals surface area contributed by atoms with Crippen molar-refractivity contribution in [1.29, 1.82) is 0 Å². The number of fused-ring (bicyclic) bond motifs is 2. The van der Waals surface area contributed by atoms with Crippen molar-refractivity contribution in [2.75, 3.05) is 13.9 Å². The Kier molecular flexibility index (Phi) is 7.78. The number of carbonyl (C=O) groups is 1. The van der Waals surface area contributed by atoms with Gasteiger partial charge in [-0.3, -0.25) is 14.2 Å². The Labute approximate surface area is 222 Å². The number of aromatic nitrogens is 2. The van der Waals surface area contributed by atoms with Gasteiger partial charge in [-0.1, -0.05) is 36.0 Å². The number of amides is 1. The Morgan fingerprint density at radius 1 is 1.11 bits per heavy atom. The van der Waals surface area contributed by atoms with Gasteiger partial charge in [0.15, 0.2) is 16.7 Å². The molecule has 0 bridgehead atoms. The molecule has 0 fully saturated rings. The lowest BCUT2D eigenvalue weighted by Gasteiger charge is -2.14. The molecular formula is C28H26FN3O5S. The monoisotopic (exact) mass is 535 g/mol. The largest absolute Gasteiger partial charge is 0.497 e. The second kappa shape index (κ2) is 11.6. The smallest absolute Gasteiger partial charge is 0.262 e. The van der Waals surface area contributed by atoms with Gasteiger partial charge in [-0.2, -0.15) is 0 Å². The highest BCUT2D eigenvalue weighted by molar-refractivity contribution is 7.98. The van der Waals surface area contributed by atoms with Crippen LogP contribution in [0.4, 0.5) is 4.39 Å². The van der Waals surface area contributed by atoms with Gasteiger partial charge in [-0.05, 0) is 47.9 Å². The molecule has 0 atom stereocenters. The van der Waals surface area contributed by atoms with Crippen LogP contribution >= 0.6 is 11.8 Å². The third-order valence-corrected chi connectivity index (χ3v) is 7.15. The molecule has 2 heterocycles. The normalized spacial score (nSPS) is 12.1. The molecule has 3 aromatic carbocycles. The topological polar surface area (TPSA) is 91.7 Å². The van der Waals surface area contributed by atoms with Gasteiger partial charge >= 0.3 is 0 Å². The molecule has 1 aliphatic rings. The molecule has 8 nitrogen and oxygen atoms in total. The highest BCUT2D eigenvalue weighted by Crippen LogP contribution is 2.35. The lowest BCUT2D eigenvalue weighted by molar-refractivity contribution is -0.121. The van der Waals surface area contributed by atoms with Gasteiger partial charge in [-0.25, -0.2) is 9.37 Å². The molecule has 0 radical (unpaired) electrons. The summed E-state index contributed by atoms with van der Waals surface area (Å²) in [5, 5.41) is 3.81. The molecule has 0 saturated heterocycles. The maximum absolute atomic E-state index is 13.7. The molecule has 1 aliphatic heterocycles. The number of rotatable bonds is 10. The van der Waals surface area contributed by atoms with E-state index in [4.69, 9.17) is 19.2 Å². The predicted octanol–water partition coefficient (Wildman–Crippen LogP) is 4.66. The highest BCUT2D eigenvalue weighted by Gasteiger charge is 2.19. The van der Waals surface area contributed by atoms with Crippen LogP contribution < -0.4 is 25.1 Å². The van der Waals surface area contributed by atoms with Crippen LogP contribution in [0.1, 0.15) is 24.0 Å². The van der Waals surface area contributed by atoms with Gasteiger partial charge in [0, 0.05) is 31.3 Å². The van der Waals surface area contributed by atoms with Gasteiger partial charge < -0.3 is 19.5 Å². The lowest BCUT2D eigenvalue weighted by Crippen LogP contribution is -2.26. The van der Waals surface area contributed by atoms with Crippen molar-refractivity contribution in [3.8, 4) is 17.2 Å². The van der Waals surface area contributed by atoms with E-state index in [0.29, 0.717) is 52.8 Å². The molecule has 5 rings (SSSR count). The second-order valence-electron chi connectivity index (χ2n) is 8.72. The van der Waals surface area contributed by atoms with Crippen LogP contribution in [-0.2, 0) is 23.6 Å². The molecule has 1 aromatic heterocycles. The van der Waals surface area contributed by atoms with E-state index in [1.165, 1.54) is 23.9 Å². The summed E-state index contributed by atoms with van der Waals surface area (Å²) in [7, 11) is 1.60.